The number of hydrogen-bond acceptors (Lipinski definition) is 0. The van der Waals surface area contributed by atoms with Crippen LogP contribution in [-0.4, -0.2) is 0 Å². The summed E-state index contributed by atoms with van der Waals surface area (Å²) in [7, 11) is 0. The Morgan fingerprint density at radius 2 is 0.429 bits per heavy atom. The van der Waals surface area contributed by atoms with Gasteiger partial charge in [0, 0.05) is 42.1 Å². The molecule has 0 heterocycles. The van der Waals surface area contributed by atoms with Crippen molar-refractivity contribution in [2.24, 2.45) is 0 Å². The molecule has 0 aromatic carbocycles. The van der Waals surface area contributed by atoms with Crippen LogP contribution in [0.3, 0.4) is 0 Å². The third-order valence-electron chi connectivity index (χ3n) is 0. The van der Waals surface area contributed by atoms with Crippen LogP contribution in [0.4, 0.5) is 0 Å². The van der Waals surface area contributed by atoms with E-state index in [9.17, 15) is 0 Å². The largest absolute Gasteiger partial charge is 3.00 e. The number of rotatable bonds is 0. The fraction of sp³-hybridized carbons (Fsp3) is 0. The molecule has 0 unspecified atom stereocenters. The first-order chi connectivity index (χ1) is 0. The Morgan fingerprint density at radius 1 is 0.429 bits per heavy atom. The normalized spacial score (nSPS) is 0. The average molecular weight is 506 g/mol. The van der Waals surface area contributed by atoms with E-state index in [4.69, 9.17) is 0 Å². The molecule has 7 heavy (non-hydrogen) atoms. The van der Waals surface area contributed by atoms with E-state index in [-0.39, 0.29) is 110 Å². The monoisotopic (exact) mass is 506 g/mol. The zero-order valence-electron chi connectivity index (χ0n) is 3.20. The second-order valence-corrected chi connectivity index (χ2v) is 0. The summed E-state index contributed by atoms with van der Waals surface area (Å²) < 4.78 is 0. The van der Waals surface area contributed by atoms with Crippen LogP contribution in [0.15, 0.2) is 0 Å². The van der Waals surface area contributed by atoms with Gasteiger partial charge in [-0.05, 0) is 0 Å². The van der Waals surface area contributed by atoms with Gasteiger partial charge in [0.1, 0.15) is 0 Å². The van der Waals surface area contributed by atoms with Crippen LogP contribution in [0.5, 0.6) is 0 Å². The first kappa shape index (κ1) is 90.1. The quantitative estimate of drug-likeness (QED) is 0.431. The van der Waals surface area contributed by atoms with Crippen LogP contribution in [0, 0.1) is 0 Å². The molecule has 0 aromatic heterocycles. The fourth-order valence-electron chi connectivity index (χ4n) is 0. The maximum Gasteiger partial charge on any atom is 3.00 e. The molecule has 0 atom stereocenters. The van der Waals surface area contributed by atoms with E-state index in [0.29, 0.717) is 0 Å². The Balaban J connectivity index is 0. The van der Waals surface area contributed by atoms with Gasteiger partial charge in [-0.2, -0.15) is 0 Å². The third-order valence-corrected chi connectivity index (χ3v) is 0. The molecule has 7 heteroatoms. The molecule has 0 saturated carbocycles. The predicted octanol–water partition coefficient (Wildman–Crippen LogP) is -0.366. The topological polar surface area (TPSA) is 85.5 Å². The van der Waals surface area contributed by atoms with Crippen molar-refractivity contribution in [3.8, 4) is 0 Å². The Kier molecular flexibility index (Phi) is 825. The van der Waals surface area contributed by atoms with Crippen molar-refractivity contribution in [3.05, 3.63) is 0 Å². The second kappa shape index (κ2) is 64.1. The molecular formula is O3Sc2W2. The van der Waals surface area contributed by atoms with Crippen molar-refractivity contribution >= 4 is 0 Å². The van der Waals surface area contributed by atoms with E-state index in [1.165, 1.54) is 0 Å². The van der Waals surface area contributed by atoms with Crippen molar-refractivity contribution in [3.63, 3.8) is 0 Å². The van der Waals surface area contributed by atoms with Gasteiger partial charge >= 0.3 is 51.7 Å². The first-order valence-electron chi connectivity index (χ1n) is 0. The maximum absolute atomic E-state index is 0. The Morgan fingerprint density at radius 3 is 0.429 bits per heavy atom. The zero-order chi connectivity index (χ0) is 0. The minimum atomic E-state index is 0. The standard InChI is InChI=1S/3O.2Sc.2W/q3*-2;2*+3;;. The maximum atomic E-state index is 0. The molecule has 0 rings (SSSR count). The van der Waals surface area contributed by atoms with Crippen LogP contribution in [-0.2, 0) is 110 Å². The molecule has 0 fully saturated rings. The van der Waals surface area contributed by atoms with Crippen molar-refractivity contribution in [2.45, 2.75) is 0 Å². The van der Waals surface area contributed by atoms with E-state index in [2.05, 4.69) is 0 Å². The fourth-order valence-corrected chi connectivity index (χ4v) is 0. The minimum Gasteiger partial charge on any atom is -2.00 e. The molecule has 0 amide bonds. The van der Waals surface area contributed by atoms with Gasteiger partial charge in [0.05, 0.1) is 0 Å². The summed E-state index contributed by atoms with van der Waals surface area (Å²) in [5.74, 6) is 0. The van der Waals surface area contributed by atoms with E-state index in [1.54, 1.807) is 0 Å². The van der Waals surface area contributed by atoms with Gasteiger partial charge in [0.15, 0.2) is 0 Å². The molecule has 0 saturated heterocycles. The molecule has 0 spiro atoms. The molecule has 0 aromatic rings. The summed E-state index contributed by atoms with van der Waals surface area (Å²) in [6.07, 6.45) is 0. The van der Waals surface area contributed by atoms with E-state index in [1.807, 2.05) is 0 Å². The summed E-state index contributed by atoms with van der Waals surface area (Å²) in [5.41, 5.74) is 0. The summed E-state index contributed by atoms with van der Waals surface area (Å²) in [6, 6.07) is 0. The smallest absolute Gasteiger partial charge is 2.00 e. The van der Waals surface area contributed by atoms with Crippen molar-refractivity contribution in [1.29, 1.82) is 0 Å². The van der Waals surface area contributed by atoms with Crippen LogP contribution >= 0.6 is 0 Å². The predicted molar refractivity (Wildman–Crippen MR) is 2.06 cm³/mol. The Hall–Kier alpha value is 3.00. The van der Waals surface area contributed by atoms with Gasteiger partial charge in [0.25, 0.3) is 0 Å². The molecule has 0 bridgehead atoms. The molecule has 0 N–H and O–H groups in total. The summed E-state index contributed by atoms with van der Waals surface area (Å²) >= 11 is 0. The summed E-state index contributed by atoms with van der Waals surface area (Å²) in [4.78, 5) is 0. The van der Waals surface area contributed by atoms with Crippen LogP contribution in [0.1, 0.15) is 0 Å². The van der Waals surface area contributed by atoms with Gasteiger partial charge in [-0.3, -0.25) is 0 Å². The molecule has 3 nitrogen and oxygen atoms in total. The van der Waals surface area contributed by atoms with E-state index >= 15 is 0 Å². The summed E-state index contributed by atoms with van der Waals surface area (Å²) in [6.45, 7) is 0. The van der Waals surface area contributed by atoms with E-state index < -0.39 is 0 Å². The molecule has 0 aliphatic carbocycles. The molecule has 0 radical (unpaired) electrons. The SMILES string of the molecule is [O-2].[O-2].[O-2].[Sc+3].[Sc+3].[W].[W]. The van der Waals surface area contributed by atoms with Crippen molar-refractivity contribution < 1.29 is 110 Å². The third kappa shape index (κ3) is 49.0. The second-order valence-electron chi connectivity index (χ2n) is 0. The molecule has 36 valence electrons. The van der Waals surface area contributed by atoms with E-state index in [0.717, 1.165) is 0 Å². The van der Waals surface area contributed by atoms with Gasteiger partial charge < -0.3 is 16.4 Å². The van der Waals surface area contributed by atoms with Crippen LogP contribution in [0.25, 0.3) is 0 Å². The van der Waals surface area contributed by atoms with Crippen molar-refractivity contribution in [1.82, 2.24) is 0 Å². The first-order valence-corrected chi connectivity index (χ1v) is 0. The molecular weight excluding hydrogens is 506 g/mol. The van der Waals surface area contributed by atoms with Crippen LogP contribution in [0.2, 0.25) is 0 Å². The van der Waals surface area contributed by atoms with Gasteiger partial charge in [0.2, 0.25) is 0 Å². The Labute approximate surface area is 108 Å². The van der Waals surface area contributed by atoms with Crippen molar-refractivity contribution in [2.75, 3.05) is 0 Å². The van der Waals surface area contributed by atoms with Gasteiger partial charge in [-0.25, -0.2) is 0 Å². The average Bonchev–Trinajstić information content (AvgIpc) is 0. The van der Waals surface area contributed by atoms with Crippen LogP contribution < -0.4 is 0 Å². The molecule has 0 aliphatic heterocycles. The zero-order valence-corrected chi connectivity index (χ0v) is 12.7. The van der Waals surface area contributed by atoms with Gasteiger partial charge in [-0.15, -0.1) is 0 Å². The summed E-state index contributed by atoms with van der Waals surface area (Å²) in [5, 5.41) is 0. The minimum absolute atomic E-state index is 0. The number of hydrogen-bond donors (Lipinski definition) is 0. The Bertz CT molecular complexity index is 10.9. The van der Waals surface area contributed by atoms with Gasteiger partial charge in [-0.1, -0.05) is 0 Å². The molecule has 0 aliphatic rings.